The molecule has 2 aromatic rings. The zero-order valence-corrected chi connectivity index (χ0v) is 11.5. The predicted molar refractivity (Wildman–Crippen MR) is 74.3 cm³/mol. The van der Waals surface area contributed by atoms with Gasteiger partial charge in [0.2, 0.25) is 0 Å². The Morgan fingerprint density at radius 3 is 2.61 bits per heavy atom. The predicted octanol–water partition coefficient (Wildman–Crippen LogP) is 3.34. The molecule has 18 heavy (non-hydrogen) atoms. The molecule has 92 valence electrons. The van der Waals surface area contributed by atoms with Gasteiger partial charge in [-0.15, -0.1) is 0 Å². The highest BCUT2D eigenvalue weighted by Gasteiger charge is 2.13. The average Bonchev–Trinajstić information content (AvgIpc) is 2.40. The first-order chi connectivity index (χ1) is 8.68. The molecule has 3 nitrogen and oxygen atoms in total. The van der Waals surface area contributed by atoms with Crippen LogP contribution in [0.15, 0.2) is 53.3 Å². The van der Waals surface area contributed by atoms with Crippen molar-refractivity contribution in [3.05, 3.63) is 64.4 Å². The minimum atomic E-state index is -0.133. The zero-order chi connectivity index (χ0) is 13.0. The molecule has 0 saturated heterocycles. The number of carbonyl (C=O) groups is 1. The van der Waals surface area contributed by atoms with Gasteiger partial charge >= 0.3 is 0 Å². The van der Waals surface area contributed by atoms with E-state index in [-0.39, 0.29) is 11.9 Å². The van der Waals surface area contributed by atoms with E-state index in [9.17, 15) is 4.79 Å². The van der Waals surface area contributed by atoms with Crippen LogP contribution in [0.25, 0.3) is 0 Å². The minimum absolute atomic E-state index is 0.0363. The van der Waals surface area contributed by atoms with Gasteiger partial charge in [0.15, 0.2) is 0 Å². The smallest absolute Gasteiger partial charge is 0.254 e. The van der Waals surface area contributed by atoms with Crippen molar-refractivity contribution < 1.29 is 4.79 Å². The van der Waals surface area contributed by atoms with Gasteiger partial charge in [-0.25, -0.2) is 4.98 Å². The van der Waals surface area contributed by atoms with Crippen LogP contribution in [0, 0.1) is 0 Å². The van der Waals surface area contributed by atoms with Crippen LogP contribution >= 0.6 is 15.9 Å². The first kappa shape index (κ1) is 12.8. The van der Waals surface area contributed by atoms with Crippen molar-refractivity contribution in [3.8, 4) is 0 Å². The topological polar surface area (TPSA) is 42.0 Å². The molecule has 1 amide bonds. The van der Waals surface area contributed by atoms with Gasteiger partial charge in [-0.3, -0.25) is 4.79 Å². The monoisotopic (exact) mass is 304 g/mol. The quantitative estimate of drug-likeness (QED) is 0.884. The first-order valence-electron chi connectivity index (χ1n) is 5.65. The third-order valence-corrected chi connectivity index (χ3v) is 3.28. The number of halogens is 1. The highest BCUT2D eigenvalue weighted by molar-refractivity contribution is 9.10. The Morgan fingerprint density at radius 1 is 1.22 bits per heavy atom. The third kappa shape index (κ3) is 2.96. The number of rotatable bonds is 3. The van der Waals surface area contributed by atoms with Crippen LogP contribution in [-0.4, -0.2) is 10.9 Å². The Balaban J connectivity index is 2.11. The van der Waals surface area contributed by atoms with E-state index >= 15 is 0 Å². The van der Waals surface area contributed by atoms with E-state index in [0.717, 1.165) is 5.56 Å². The highest BCUT2D eigenvalue weighted by atomic mass is 79.9. The molecule has 0 fully saturated rings. The molecule has 1 atom stereocenters. The largest absolute Gasteiger partial charge is 0.345 e. The molecular weight excluding hydrogens is 292 g/mol. The molecule has 0 unspecified atom stereocenters. The number of hydrogen-bond donors (Lipinski definition) is 1. The average molecular weight is 305 g/mol. The molecule has 1 heterocycles. The number of nitrogens with one attached hydrogen (secondary N) is 1. The molecule has 0 aliphatic heterocycles. The lowest BCUT2D eigenvalue weighted by molar-refractivity contribution is 0.0938. The molecule has 2 rings (SSSR count). The summed E-state index contributed by atoms with van der Waals surface area (Å²) in [6.45, 7) is 1.96. The van der Waals surface area contributed by atoms with E-state index in [4.69, 9.17) is 0 Å². The summed E-state index contributed by atoms with van der Waals surface area (Å²) in [6.07, 6.45) is 1.64. The fraction of sp³-hybridized carbons (Fsp3) is 0.143. The lowest BCUT2D eigenvalue weighted by atomic mass is 10.1. The van der Waals surface area contributed by atoms with Crippen LogP contribution in [0.2, 0.25) is 0 Å². The number of nitrogens with zero attached hydrogens (tertiary/aromatic N) is 1. The van der Waals surface area contributed by atoms with Crippen molar-refractivity contribution in [2.24, 2.45) is 0 Å². The maximum Gasteiger partial charge on any atom is 0.254 e. The standard InChI is InChI=1S/C14H13BrN2O/c1-10(11-6-3-2-4-7-11)17-14(18)12-8-5-9-16-13(12)15/h2-10H,1H3,(H,17,18)/t10-/m1/s1. The van der Waals surface area contributed by atoms with Gasteiger partial charge in [0, 0.05) is 6.20 Å². The number of benzene rings is 1. The Bertz CT molecular complexity index is 543. The SMILES string of the molecule is C[C@@H](NC(=O)c1cccnc1Br)c1ccccc1. The molecule has 0 bridgehead atoms. The third-order valence-electron chi connectivity index (χ3n) is 2.65. The second-order valence-corrected chi connectivity index (χ2v) is 4.70. The molecule has 0 saturated carbocycles. The molecule has 1 aromatic heterocycles. The van der Waals surface area contributed by atoms with Crippen molar-refractivity contribution in [2.45, 2.75) is 13.0 Å². The Hall–Kier alpha value is -1.68. The van der Waals surface area contributed by atoms with Crippen molar-refractivity contribution in [3.63, 3.8) is 0 Å². The molecule has 0 radical (unpaired) electrons. The van der Waals surface area contributed by atoms with Gasteiger partial charge in [0.05, 0.1) is 11.6 Å². The zero-order valence-electron chi connectivity index (χ0n) is 9.93. The summed E-state index contributed by atoms with van der Waals surface area (Å²) in [4.78, 5) is 16.1. The van der Waals surface area contributed by atoms with Gasteiger partial charge in [-0.2, -0.15) is 0 Å². The summed E-state index contributed by atoms with van der Waals surface area (Å²) in [6, 6.07) is 13.3. The molecule has 4 heteroatoms. The lowest BCUT2D eigenvalue weighted by Crippen LogP contribution is -2.27. The maximum atomic E-state index is 12.1. The van der Waals surface area contributed by atoms with Gasteiger partial charge in [0.1, 0.15) is 4.60 Å². The van der Waals surface area contributed by atoms with Gasteiger partial charge < -0.3 is 5.32 Å². The molecule has 0 aliphatic carbocycles. The minimum Gasteiger partial charge on any atom is -0.345 e. The molecule has 1 N–H and O–H groups in total. The number of amides is 1. The van der Waals surface area contributed by atoms with E-state index in [0.29, 0.717) is 10.2 Å². The molecule has 0 spiro atoms. The first-order valence-corrected chi connectivity index (χ1v) is 6.44. The fourth-order valence-electron chi connectivity index (χ4n) is 1.65. The van der Waals surface area contributed by atoms with Gasteiger partial charge in [-0.1, -0.05) is 30.3 Å². The summed E-state index contributed by atoms with van der Waals surface area (Å²) in [7, 11) is 0. The summed E-state index contributed by atoms with van der Waals surface area (Å²) in [5.74, 6) is -0.133. The van der Waals surface area contributed by atoms with E-state index in [1.807, 2.05) is 37.3 Å². The van der Waals surface area contributed by atoms with Crippen LogP contribution in [0.5, 0.6) is 0 Å². The summed E-state index contributed by atoms with van der Waals surface area (Å²) >= 11 is 3.27. The van der Waals surface area contributed by atoms with Crippen LogP contribution < -0.4 is 5.32 Å². The number of pyridine rings is 1. The van der Waals surface area contributed by atoms with Crippen molar-refractivity contribution in [2.75, 3.05) is 0 Å². The van der Waals surface area contributed by atoms with Crippen LogP contribution in [0.3, 0.4) is 0 Å². The van der Waals surface area contributed by atoms with Gasteiger partial charge in [0.25, 0.3) is 5.91 Å². The molecule has 1 aromatic carbocycles. The van der Waals surface area contributed by atoms with Crippen LogP contribution in [0.4, 0.5) is 0 Å². The number of hydrogen-bond acceptors (Lipinski definition) is 2. The Labute approximate surface area is 114 Å². The lowest BCUT2D eigenvalue weighted by Gasteiger charge is -2.14. The fourth-order valence-corrected chi connectivity index (χ4v) is 2.09. The maximum absolute atomic E-state index is 12.1. The van der Waals surface area contributed by atoms with Crippen molar-refractivity contribution in [1.82, 2.24) is 10.3 Å². The molecule has 0 aliphatic rings. The van der Waals surface area contributed by atoms with Crippen molar-refractivity contribution >= 4 is 21.8 Å². The van der Waals surface area contributed by atoms with E-state index in [1.54, 1.807) is 18.3 Å². The second-order valence-electron chi connectivity index (χ2n) is 3.95. The van der Waals surface area contributed by atoms with Crippen LogP contribution in [0.1, 0.15) is 28.9 Å². The van der Waals surface area contributed by atoms with E-state index in [2.05, 4.69) is 26.2 Å². The Kier molecular flexibility index (Phi) is 4.10. The van der Waals surface area contributed by atoms with Gasteiger partial charge in [-0.05, 0) is 40.5 Å². The highest BCUT2D eigenvalue weighted by Crippen LogP contribution is 2.16. The van der Waals surface area contributed by atoms with Crippen molar-refractivity contribution in [1.29, 1.82) is 0 Å². The summed E-state index contributed by atoms with van der Waals surface area (Å²) in [5.41, 5.74) is 1.62. The number of carbonyl (C=O) groups excluding carboxylic acids is 1. The number of aromatic nitrogens is 1. The summed E-state index contributed by atoms with van der Waals surface area (Å²) in [5, 5.41) is 2.94. The van der Waals surface area contributed by atoms with Crippen LogP contribution in [-0.2, 0) is 0 Å². The second kappa shape index (κ2) is 5.78. The van der Waals surface area contributed by atoms with E-state index < -0.39 is 0 Å². The Morgan fingerprint density at radius 2 is 1.94 bits per heavy atom. The molecular formula is C14H13BrN2O. The summed E-state index contributed by atoms with van der Waals surface area (Å²) < 4.78 is 0.558. The van der Waals surface area contributed by atoms with E-state index in [1.165, 1.54) is 0 Å². The normalized spacial score (nSPS) is 11.9.